The molecule has 198 valence electrons. The van der Waals surface area contributed by atoms with Crippen LogP contribution in [-0.2, 0) is 11.2 Å². The van der Waals surface area contributed by atoms with Crippen molar-refractivity contribution in [3.05, 3.63) is 138 Å². The van der Waals surface area contributed by atoms with Crippen molar-refractivity contribution in [1.82, 2.24) is 5.32 Å². The molecule has 2 atom stereocenters. The van der Waals surface area contributed by atoms with Gasteiger partial charge in [-0.3, -0.25) is 0 Å². The molecule has 0 radical (unpaired) electrons. The standard InChI is InChI=1S/C34H39NO3/c1-37-33(22-21-27-13-5-2-6-14-27)32-19-11-12-20-34(32)38-26-30(36)25-35-24-23-31(28-15-7-3-8-16-28)29-17-9-4-10-18-29/h2-20,30-31,33,35-36H,21-26H2,1H3. The number of aliphatic hydroxyl groups excluding tert-OH is 1. The van der Waals surface area contributed by atoms with Crippen LogP contribution in [0.25, 0.3) is 0 Å². The van der Waals surface area contributed by atoms with Gasteiger partial charge in [0.2, 0.25) is 0 Å². The molecule has 2 unspecified atom stereocenters. The maximum Gasteiger partial charge on any atom is 0.125 e. The summed E-state index contributed by atoms with van der Waals surface area (Å²) in [4.78, 5) is 0. The number of hydrogen-bond donors (Lipinski definition) is 2. The zero-order chi connectivity index (χ0) is 26.4. The molecular weight excluding hydrogens is 470 g/mol. The second-order valence-electron chi connectivity index (χ2n) is 9.62. The van der Waals surface area contributed by atoms with E-state index in [0.29, 0.717) is 12.5 Å². The van der Waals surface area contributed by atoms with E-state index in [9.17, 15) is 5.11 Å². The van der Waals surface area contributed by atoms with Crippen LogP contribution >= 0.6 is 0 Å². The van der Waals surface area contributed by atoms with Crippen molar-refractivity contribution in [2.45, 2.75) is 37.4 Å². The van der Waals surface area contributed by atoms with Crippen molar-refractivity contribution >= 4 is 0 Å². The summed E-state index contributed by atoms with van der Waals surface area (Å²) in [6, 6.07) is 39.6. The maximum absolute atomic E-state index is 10.6. The normalized spacial score (nSPS) is 12.8. The van der Waals surface area contributed by atoms with E-state index < -0.39 is 6.10 Å². The molecule has 4 rings (SSSR count). The Morgan fingerprint density at radius 3 is 1.92 bits per heavy atom. The number of aliphatic hydroxyl groups is 1. The summed E-state index contributed by atoms with van der Waals surface area (Å²) in [5.41, 5.74) is 4.91. The van der Waals surface area contributed by atoms with E-state index in [-0.39, 0.29) is 12.7 Å². The summed E-state index contributed by atoms with van der Waals surface area (Å²) in [7, 11) is 1.74. The van der Waals surface area contributed by atoms with Crippen LogP contribution in [0.3, 0.4) is 0 Å². The zero-order valence-corrected chi connectivity index (χ0v) is 22.2. The molecule has 0 spiro atoms. The van der Waals surface area contributed by atoms with E-state index in [2.05, 4.69) is 90.2 Å². The molecule has 0 aliphatic heterocycles. The van der Waals surface area contributed by atoms with Crippen LogP contribution in [0.5, 0.6) is 5.75 Å². The van der Waals surface area contributed by atoms with Gasteiger partial charge in [-0.05, 0) is 48.6 Å². The SMILES string of the molecule is COC(CCc1ccccc1)c1ccccc1OCC(O)CNCCC(c1ccccc1)c1ccccc1. The smallest absolute Gasteiger partial charge is 0.125 e. The van der Waals surface area contributed by atoms with Crippen LogP contribution in [0.4, 0.5) is 0 Å². The van der Waals surface area contributed by atoms with Crippen molar-refractivity contribution < 1.29 is 14.6 Å². The molecule has 0 amide bonds. The van der Waals surface area contributed by atoms with Crippen molar-refractivity contribution in [2.24, 2.45) is 0 Å². The highest BCUT2D eigenvalue weighted by atomic mass is 16.5. The van der Waals surface area contributed by atoms with E-state index in [0.717, 1.165) is 37.1 Å². The minimum absolute atomic E-state index is 0.0745. The number of nitrogens with one attached hydrogen (secondary N) is 1. The second kappa shape index (κ2) is 15.1. The van der Waals surface area contributed by atoms with Gasteiger partial charge in [-0.15, -0.1) is 0 Å². The van der Waals surface area contributed by atoms with Crippen LogP contribution in [-0.4, -0.2) is 38.0 Å². The maximum atomic E-state index is 10.6. The van der Waals surface area contributed by atoms with Crippen LogP contribution < -0.4 is 10.1 Å². The Bertz CT molecular complexity index is 1140. The Labute approximate surface area is 227 Å². The third-order valence-corrected chi connectivity index (χ3v) is 6.91. The predicted molar refractivity (Wildman–Crippen MR) is 155 cm³/mol. The number of hydrogen-bond acceptors (Lipinski definition) is 4. The molecule has 0 aromatic heterocycles. The lowest BCUT2D eigenvalue weighted by Gasteiger charge is -2.21. The Hall–Kier alpha value is -3.44. The molecule has 4 aromatic rings. The number of aryl methyl sites for hydroxylation is 1. The Kier molecular flexibility index (Phi) is 11.0. The highest BCUT2D eigenvalue weighted by Crippen LogP contribution is 2.31. The van der Waals surface area contributed by atoms with Gasteiger partial charge in [0.05, 0.1) is 6.10 Å². The summed E-state index contributed by atoms with van der Waals surface area (Å²) < 4.78 is 11.9. The third-order valence-electron chi connectivity index (χ3n) is 6.91. The van der Waals surface area contributed by atoms with Crippen molar-refractivity contribution in [1.29, 1.82) is 0 Å². The molecule has 0 bridgehead atoms. The largest absolute Gasteiger partial charge is 0.490 e. The van der Waals surface area contributed by atoms with Gasteiger partial charge >= 0.3 is 0 Å². The molecule has 38 heavy (non-hydrogen) atoms. The van der Waals surface area contributed by atoms with Crippen LogP contribution in [0.15, 0.2) is 115 Å². The second-order valence-corrected chi connectivity index (χ2v) is 9.62. The molecule has 4 nitrogen and oxygen atoms in total. The Morgan fingerprint density at radius 2 is 1.29 bits per heavy atom. The zero-order valence-electron chi connectivity index (χ0n) is 22.2. The number of para-hydroxylation sites is 1. The minimum atomic E-state index is -0.611. The average molecular weight is 510 g/mol. The number of rotatable bonds is 15. The van der Waals surface area contributed by atoms with Crippen LogP contribution in [0.1, 0.15) is 47.1 Å². The summed E-state index contributed by atoms with van der Waals surface area (Å²) in [5, 5.41) is 14.1. The van der Waals surface area contributed by atoms with Gasteiger partial charge in [0.25, 0.3) is 0 Å². The average Bonchev–Trinajstić information content (AvgIpc) is 2.98. The molecule has 0 heterocycles. The molecule has 0 saturated carbocycles. The summed E-state index contributed by atoms with van der Waals surface area (Å²) >= 11 is 0. The molecule has 0 aliphatic rings. The first kappa shape index (κ1) is 27.6. The molecular formula is C34H39NO3. The Morgan fingerprint density at radius 1 is 0.711 bits per heavy atom. The Balaban J connectivity index is 1.26. The first-order valence-corrected chi connectivity index (χ1v) is 13.5. The molecule has 0 fully saturated rings. The fourth-order valence-electron chi connectivity index (χ4n) is 4.88. The molecule has 0 saturated heterocycles. The van der Waals surface area contributed by atoms with Crippen molar-refractivity contribution in [3.63, 3.8) is 0 Å². The van der Waals surface area contributed by atoms with Crippen molar-refractivity contribution in [3.8, 4) is 5.75 Å². The summed E-state index contributed by atoms with van der Waals surface area (Å²) in [6.45, 7) is 1.49. The first-order valence-electron chi connectivity index (χ1n) is 13.5. The topological polar surface area (TPSA) is 50.7 Å². The number of methoxy groups -OCH3 is 1. The molecule has 4 heteroatoms. The van der Waals surface area contributed by atoms with E-state index in [1.54, 1.807) is 7.11 Å². The molecule has 2 N–H and O–H groups in total. The van der Waals surface area contributed by atoms with Gasteiger partial charge in [0, 0.05) is 25.1 Å². The monoisotopic (exact) mass is 509 g/mol. The van der Waals surface area contributed by atoms with Gasteiger partial charge in [-0.2, -0.15) is 0 Å². The minimum Gasteiger partial charge on any atom is -0.490 e. The quantitative estimate of drug-likeness (QED) is 0.178. The number of benzene rings is 4. The molecule has 4 aromatic carbocycles. The van der Waals surface area contributed by atoms with Gasteiger partial charge in [-0.1, -0.05) is 109 Å². The van der Waals surface area contributed by atoms with Gasteiger partial charge in [0.1, 0.15) is 18.5 Å². The van der Waals surface area contributed by atoms with Gasteiger partial charge < -0.3 is 19.9 Å². The fraction of sp³-hybridized carbons (Fsp3) is 0.294. The van der Waals surface area contributed by atoms with Crippen molar-refractivity contribution in [2.75, 3.05) is 26.8 Å². The van der Waals surface area contributed by atoms with Crippen LogP contribution in [0, 0.1) is 0 Å². The fourth-order valence-corrected chi connectivity index (χ4v) is 4.88. The van der Waals surface area contributed by atoms with Gasteiger partial charge in [-0.25, -0.2) is 0 Å². The van der Waals surface area contributed by atoms with Gasteiger partial charge in [0.15, 0.2) is 0 Å². The lowest BCUT2D eigenvalue weighted by Crippen LogP contribution is -2.32. The van der Waals surface area contributed by atoms with Crippen LogP contribution in [0.2, 0.25) is 0 Å². The highest BCUT2D eigenvalue weighted by Gasteiger charge is 2.17. The summed E-state index contributed by atoms with van der Waals surface area (Å²) in [5.74, 6) is 1.08. The lowest BCUT2D eigenvalue weighted by atomic mass is 9.88. The molecule has 0 aliphatic carbocycles. The third kappa shape index (κ3) is 8.29. The lowest BCUT2D eigenvalue weighted by molar-refractivity contribution is 0.0839. The summed E-state index contributed by atoms with van der Waals surface area (Å²) in [6.07, 6.45) is 2.04. The highest BCUT2D eigenvalue weighted by molar-refractivity contribution is 5.36. The van der Waals surface area contributed by atoms with E-state index >= 15 is 0 Å². The van der Waals surface area contributed by atoms with E-state index in [1.807, 2.05) is 30.3 Å². The number of ether oxygens (including phenoxy) is 2. The predicted octanol–water partition coefficient (Wildman–Crippen LogP) is 6.56. The van der Waals surface area contributed by atoms with E-state index in [1.165, 1.54) is 16.7 Å². The first-order chi connectivity index (χ1) is 18.7. The van der Waals surface area contributed by atoms with E-state index in [4.69, 9.17) is 9.47 Å².